The van der Waals surface area contributed by atoms with Crippen LogP contribution in [0.4, 0.5) is 0 Å². The van der Waals surface area contributed by atoms with Crippen molar-refractivity contribution >= 4 is 71.3 Å². The number of hydrogen-bond acceptors (Lipinski definition) is 28. The third-order valence-corrected chi connectivity index (χ3v) is 28.7. The first-order valence-electron chi connectivity index (χ1n) is 48.5. The molecule has 4 aliphatic carbocycles. The summed E-state index contributed by atoms with van der Waals surface area (Å²) >= 11 is 0. The maximum atomic E-state index is 15.2. The number of carbonyl (C=O) groups is 12. The normalized spacial score (nSPS) is 27.8. The van der Waals surface area contributed by atoms with Crippen LogP contribution in [0.3, 0.4) is 0 Å². The predicted molar refractivity (Wildman–Crippen MR) is 514 cm³/mol. The largest absolute Gasteiger partial charge is 0.459 e. The van der Waals surface area contributed by atoms with Gasteiger partial charge in [0.1, 0.15) is 37.0 Å². The summed E-state index contributed by atoms with van der Waals surface area (Å²) in [5.74, 6) is -10.6. The van der Waals surface area contributed by atoms with Crippen LogP contribution in [0.2, 0.25) is 0 Å². The molecule has 0 aromatic heterocycles. The van der Waals surface area contributed by atoms with Gasteiger partial charge in [0, 0.05) is 24.7 Å². The van der Waals surface area contributed by atoms with Gasteiger partial charge in [0.25, 0.3) is 0 Å². The zero-order valence-electron chi connectivity index (χ0n) is 79.6. The molecule has 10 aromatic carbocycles. The lowest BCUT2D eigenvalue weighted by molar-refractivity contribution is -0.367. The highest BCUT2D eigenvalue weighted by Gasteiger charge is 2.65. The van der Waals surface area contributed by atoms with Gasteiger partial charge in [0.2, 0.25) is 0 Å². The monoisotopic (exact) mass is 1940 g/mol. The quantitative estimate of drug-likeness (QED) is 0.0205. The number of benzene rings is 10. The number of Topliss-reactive ketones (excluding diaryl/α,β-unsaturated/α-hetero) is 2. The van der Waals surface area contributed by atoms with Crippen molar-refractivity contribution < 1.29 is 133 Å². The molecule has 0 spiro atoms. The van der Waals surface area contributed by atoms with Gasteiger partial charge in [-0.2, -0.15) is 0 Å². The van der Waals surface area contributed by atoms with Gasteiger partial charge in [-0.15, -0.1) is 0 Å². The van der Waals surface area contributed by atoms with Gasteiger partial charge in [-0.1, -0.05) is 221 Å². The van der Waals surface area contributed by atoms with Gasteiger partial charge in [0.15, 0.2) is 73.8 Å². The molecule has 0 radical (unpaired) electrons. The van der Waals surface area contributed by atoms with E-state index in [2.05, 4.69) is 19.9 Å². The average molecular weight is 1940 g/mol. The van der Waals surface area contributed by atoms with Crippen LogP contribution in [-0.4, -0.2) is 189 Å². The summed E-state index contributed by atoms with van der Waals surface area (Å²) in [4.78, 5) is 176. The van der Waals surface area contributed by atoms with E-state index in [1.54, 1.807) is 206 Å². The molecule has 6 unspecified atom stereocenters. The fourth-order valence-corrected chi connectivity index (χ4v) is 21.3. The Hall–Kier alpha value is -14.3. The first-order valence-corrected chi connectivity index (χ1v) is 48.5. The number of rotatable bonds is 34. The molecule has 0 bridgehead atoms. The Morgan fingerprint density at radius 3 is 1.06 bits per heavy atom. The van der Waals surface area contributed by atoms with Gasteiger partial charge in [0.05, 0.1) is 74.4 Å². The Kier molecular flexibility index (Phi) is 32.1. The molecule has 7 aliphatic rings. The molecule has 0 N–H and O–H groups in total. The third kappa shape index (κ3) is 23.2. The minimum atomic E-state index is -1.92. The average Bonchev–Trinajstić information content (AvgIpc) is 1.64. The molecule has 3 saturated heterocycles. The van der Waals surface area contributed by atoms with Crippen molar-refractivity contribution in [3.63, 3.8) is 0 Å². The van der Waals surface area contributed by atoms with Crippen LogP contribution in [0.1, 0.15) is 196 Å². The van der Waals surface area contributed by atoms with Gasteiger partial charge < -0.3 is 75.8 Å². The molecule has 24 atom stereocenters. The van der Waals surface area contributed by atoms with E-state index in [1.165, 1.54) is 104 Å². The minimum Gasteiger partial charge on any atom is -0.459 e. The van der Waals surface area contributed by atoms with Crippen molar-refractivity contribution in [2.45, 2.75) is 191 Å². The van der Waals surface area contributed by atoms with Gasteiger partial charge in [-0.25, -0.2) is 47.9 Å². The number of esters is 10. The topological polar surface area (TPSA) is 353 Å². The molecule has 3 heterocycles. The van der Waals surface area contributed by atoms with Crippen LogP contribution in [0.15, 0.2) is 315 Å². The molecule has 10 aromatic rings. The Morgan fingerprint density at radius 1 is 0.350 bits per heavy atom. The predicted octanol–water partition coefficient (Wildman–Crippen LogP) is 17.9. The van der Waals surface area contributed by atoms with Crippen LogP contribution < -0.4 is 0 Å². The summed E-state index contributed by atoms with van der Waals surface area (Å²) < 4.78 is 105. The number of hydrogen-bond donors (Lipinski definition) is 0. The molecule has 3 saturated carbocycles. The summed E-state index contributed by atoms with van der Waals surface area (Å²) in [7, 11) is 0. The van der Waals surface area contributed by atoms with E-state index in [1.807, 2.05) is 13.8 Å². The SMILES string of the molecule is CC1O[C@@H](O[C@H]2C(OC(=O)c3ccccc3)[C@H](OC(=O)c3ccccc3)C(COC(=O)c3ccccc3)O[C@H]2O[C@H]2CC[C@@]3(C)C(=CC[C@H]4[C@@H]5CC(=O)[C@H]([C@H](C)C(=O)CC[C@@H](C)CO[C@@H]6OC(COC(=O)c7ccccc7)[C@@H](OC(=O)c7ccccc7)C(OC(=O)c7ccccc7)[C@@H]6OC(=O)c6ccccc6)[C@@]5(C)CC[C@@H]43)C2)[C@@H](OC(=O)c2ccccc2)C(OC(=O)c2ccccc2)[C@H]1OC(=O)c1ccccc1. The van der Waals surface area contributed by atoms with E-state index in [0.717, 1.165) is 5.57 Å². The van der Waals surface area contributed by atoms with E-state index in [9.17, 15) is 43.2 Å². The van der Waals surface area contributed by atoms with Crippen LogP contribution in [0.25, 0.3) is 0 Å². The molecule has 0 amide bonds. The van der Waals surface area contributed by atoms with Gasteiger partial charge >= 0.3 is 59.7 Å². The summed E-state index contributed by atoms with van der Waals surface area (Å²) in [6.45, 7) is 8.31. The second-order valence-corrected chi connectivity index (χ2v) is 37.9. The summed E-state index contributed by atoms with van der Waals surface area (Å²) in [5, 5.41) is 0. The third-order valence-electron chi connectivity index (χ3n) is 28.7. The Labute approximate surface area is 827 Å². The summed E-state index contributed by atoms with van der Waals surface area (Å²) in [6.07, 6.45) is -19.9. The van der Waals surface area contributed by atoms with Crippen LogP contribution >= 0.6 is 0 Å². The fraction of sp³-hybridized carbons (Fsp3) is 0.357. The second kappa shape index (κ2) is 45.8. The van der Waals surface area contributed by atoms with Crippen molar-refractivity contribution in [3.05, 3.63) is 371 Å². The summed E-state index contributed by atoms with van der Waals surface area (Å²) in [6, 6.07) is 80.3. The number of fused-ring (bicyclic) bond motifs is 5. The Bertz CT molecular complexity index is 6140. The fourth-order valence-electron chi connectivity index (χ4n) is 21.3. The molecule has 28 heteroatoms. The second-order valence-electron chi connectivity index (χ2n) is 37.9. The van der Waals surface area contributed by atoms with E-state index < -0.39 is 200 Å². The van der Waals surface area contributed by atoms with Gasteiger partial charge in [-0.3, -0.25) is 9.59 Å². The van der Waals surface area contributed by atoms with Crippen molar-refractivity contribution in [3.8, 4) is 0 Å². The summed E-state index contributed by atoms with van der Waals surface area (Å²) in [5.41, 5.74) is 1.06. The van der Waals surface area contributed by atoms with Gasteiger partial charge in [-0.05, 0) is 208 Å². The first-order chi connectivity index (χ1) is 69.3. The Morgan fingerprint density at radius 2 is 0.671 bits per heavy atom. The number of allylic oxidation sites excluding steroid dienone is 1. The maximum absolute atomic E-state index is 15.2. The molecule has 17 rings (SSSR count). The molecular formula is C115H112O28. The van der Waals surface area contributed by atoms with Crippen molar-refractivity contribution in [2.24, 2.45) is 46.3 Å². The molecule has 143 heavy (non-hydrogen) atoms. The van der Waals surface area contributed by atoms with E-state index in [4.69, 9.17) is 75.8 Å². The number of ether oxygens (including phenoxy) is 16. The molecule has 6 fully saturated rings. The van der Waals surface area contributed by atoms with Crippen molar-refractivity contribution in [1.82, 2.24) is 0 Å². The highest BCUT2D eigenvalue weighted by atomic mass is 16.8. The van der Waals surface area contributed by atoms with E-state index in [0.29, 0.717) is 38.5 Å². The maximum Gasteiger partial charge on any atom is 0.338 e. The van der Waals surface area contributed by atoms with Crippen LogP contribution in [0, 0.1) is 46.3 Å². The van der Waals surface area contributed by atoms with Crippen LogP contribution in [-0.2, 0) is 85.4 Å². The van der Waals surface area contributed by atoms with E-state index in [-0.39, 0.29) is 111 Å². The highest BCUT2D eigenvalue weighted by Crippen LogP contribution is 2.67. The Balaban J connectivity index is 0.640. The molecular weight excluding hydrogens is 1830 g/mol. The van der Waals surface area contributed by atoms with E-state index >= 15 is 14.4 Å². The van der Waals surface area contributed by atoms with Crippen LogP contribution in [0.5, 0.6) is 0 Å². The number of carbonyl (C=O) groups excluding carboxylic acids is 12. The lowest BCUT2D eigenvalue weighted by atomic mass is 9.47. The minimum absolute atomic E-state index is 0.0165. The first kappa shape index (κ1) is 100. The molecule has 3 aliphatic heterocycles. The molecule has 28 nitrogen and oxygen atoms in total. The zero-order chi connectivity index (χ0) is 99.8. The zero-order valence-corrected chi connectivity index (χ0v) is 79.6. The van der Waals surface area contributed by atoms with Crippen molar-refractivity contribution in [2.75, 3.05) is 19.8 Å². The standard InChI is InChI=1S/C115H112O28/c1-69(66-130-111-98(141-109(126)80-52-32-14-33-53-80)96(139-107(124)78-48-28-12-29-49-78)93(136-104(121)75-42-22-9-23-43-75)89(133-111)67-128-101(118)72-36-16-6-17-37-72)56-59-87(116)70(2)91-88(117)65-86-84-58-57-82-64-83(60-62-114(82,4)85(84)61-63-115(86,91)5)132-113-100(97(140-108(125)79-50-30-13-31-51-79)94(137-105(122)76-44-24-10-25-45-76)90(134-113)68-129-102(119)73-38-18-7-19-39-73)143-112-99(142-110(127)81-54-34-15-35-55-81)95(138-106(123)77-46-26-11-27-47-77)92(71(3)131-112)135-103(120)74-40-20-8-21-41-74/h6-55,57,69-71,83-86,89-100,111-113H,56,58-68H2,1-5H3/t69-,70-,71?,83+,84-,85+,86+,89?,90?,91+,92+,93-,94-,95?,96?,97?,98+,99+,100+,111-,112+,113-,114+,115+/m1/s1. The highest BCUT2D eigenvalue weighted by molar-refractivity contribution is 5.96. The molecule has 740 valence electrons. The van der Waals surface area contributed by atoms with Crippen molar-refractivity contribution in [1.29, 1.82) is 0 Å². The lowest BCUT2D eigenvalue weighted by Crippen LogP contribution is -2.67. The smallest absolute Gasteiger partial charge is 0.338 e. The number of ketones is 2. The lowest BCUT2D eigenvalue weighted by Gasteiger charge is -2.58.